The maximum absolute atomic E-state index is 14.1. The Bertz CT molecular complexity index is 664. The molecule has 0 saturated heterocycles. The number of nitrogens with one attached hydrogen (secondary N) is 1. The monoisotopic (exact) mass is 374 g/mol. The fourth-order valence-electron chi connectivity index (χ4n) is 2.25. The first kappa shape index (κ1) is 16.4. The van der Waals surface area contributed by atoms with Crippen molar-refractivity contribution in [2.24, 2.45) is 5.84 Å². The van der Waals surface area contributed by atoms with Gasteiger partial charge in [-0.15, -0.1) is 0 Å². The lowest BCUT2D eigenvalue weighted by molar-refractivity contribution is 0.496. The van der Waals surface area contributed by atoms with Gasteiger partial charge in [-0.05, 0) is 64.7 Å². The zero-order valence-electron chi connectivity index (χ0n) is 11.3. The van der Waals surface area contributed by atoms with Crippen LogP contribution in [0.15, 0.2) is 34.8 Å². The number of hydrazine groups is 1. The summed E-state index contributed by atoms with van der Waals surface area (Å²) in [6.07, 6.45) is 0.0933. The highest BCUT2D eigenvalue weighted by atomic mass is 79.9. The van der Waals surface area contributed by atoms with Crippen LogP contribution in [0.25, 0.3) is 0 Å². The van der Waals surface area contributed by atoms with Crippen LogP contribution >= 0.6 is 27.5 Å². The van der Waals surface area contributed by atoms with E-state index < -0.39 is 17.7 Å². The normalized spacial score (nSPS) is 12.5. The van der Waals surface area contributed by atoms with E-state index in [9.17, 15) is 8.78 Å². The third-order valence-corrected chi connectivity index (χ3v) is 4.20. The van der Waals surface area contributed by atoms with Crippen molar-refractivity contribution in [3.8, 4) is 0 Å². The van der Waals surface area contributed by atoms with Crippen molar-refractivity contribution in [2.75, 3.05) is 0 Å². The maximum Gasteiger partial charge on any atom is 0.143 e. The van der Waals surface area contributed by atoms with E-state index in [-0.39, 0.29) is 16.5 Å². The van der Waals surface area contributed by atoms with E-state index in [4.69, 9.17) is 17.4 Å². The lowest BCUT2D eigenvalue weighted by Crippen LogP contribution is -2.30. The molecule has 0 saturated carbocycles. The summed E-state index contributed by atoms with van der Waals surface area (Å²) >= 11 is 8.98. The predicted octanol–water partition coefficient (Wildman–Crippen LogP) is 4.44. The molecule has 1 unspecified atom stereocenters. The number of benzene rings is 2. The lowest BCUT2D eigenvalue weighted by atomic mass is 9.95. The fourth-order valence-corrected chi connectivity index (χ4v) is 2.85. The van der Waals surface area contributed by atoms with Gasteiger partial charge in [0, 0.05) is 10.6 Å². The molecule has 0 fully saturated rings. The average Bonchev–Trinajstić information content (AvgIpc) is 2.44. The molecule has 0 aliphatic heterocycles. The molecule has 1 atom stereocenters. The van der Waals surface area contributed by atoms with Crippen LogP contribution in [0.3, 0.4) is 0 Å². The summed E-state index contributed by atoms with van der Waals surface area (Å²) in [5.74, 6) is 4.35. The van der Waals surface area contributed by atoms with E-state index in [1.54, 1.807) is 18.2 Å². The second-order valence-corrected chi connectivity index (χ2v) is 6.04. The molecule has 0 bridgehead atoms. The molecular formula is C15H14BrClF2N2. The van der Waals surface area contributed by atoms with E-state index in [1.807, 2.05) is 6.92 Å². The van der Waals surface area contributed by atoms with Crippen molar-refractivity contribution < 1.29 is 8.78 Å². The number of nitrogens with two attached hydrogens (primary N) is 1. The standard InChI is InChI=1S/C15H14BrClF2N2/c1-8-6-9(17)2-3-10(8)14(21-20)7-11-13(18)5-4-12(16)15(11)19/h2-6,14,21H,7,20H2,1H3. The first-order chi connectivity index (χ1) is 9.93. The molecule has 2 aromatic rings. The van der Waals surface area contributed by atoms with Crippen molar-refractivity contribution in [1.29, 1.82) is 0 Å². The van der Waals surface area contributed by atoms with Crippen LogP contribution in [-0.4, -0.2) is 0 Å². The molecule has 2 rings (SSSR count). The Hall–Kier alpha value is -1.01. The highest BCUT2D eigenvalue weighted by molar-refractivity contribution is 9.10. The van der Waals surface area contributed by atoms with Crippen molar-refractivity contribution >= 4 is 27.5 Å². The predicted molar refractivity (Wildman–Crippen MR) is 84.0 cm³/mol. The Morgan fingerprint density at radius 3 is 2.62 bits per heavy atom. The number of hydrogen-bond acceptors (Lipinski definition) is 2. The number of rotatable bonds is 4. The highest BCUT2D eigenvalue weighted by Gasteiger charge is 2.19. The molecule has 0 heterocycles. The van der Waals surface area contributed by atoms with Gasteiger partial charge in [-0.2, -0.15) is 0 Å². The van der Waals surface area contributed by atoms with Crippen molar-refractivity contribution in [2.45, 2.75) is 19.4 Å². The number of halogens is 4. The minimum absolute atomic E-state index is 0.0123. The van der Waals surface area contributed by atoms with Crippen LogP contribution in [0, 0.1) is 18.6 Å². The van der Waals surface area contributed by atoms with Crippen LogP contribution in [-0.2, 0) is 6.42 Å². The Balaban J connectivity index is 2.38. The minimum Gasteiger partial charge on any atom is -0.271 e. The second-order valence-electron chi connectivity index (χ2n) is 4.75. The average molecular weight is 376 g/mol. The van der Waals surface area contributed by atoms with Crippen molar-refractivity contribution in [3.63, 3.8) is 0 Å². The zero-order valence-corrected chi connectivity index (χ0v) is 13.6. The molecule has 2 aromatic carbocycles. The number of aryl methyl sites for hydroxylation is 1. The largest absolute Gasteiger partial charge is 0.271 e. The Kier molecular flexibility index (Phi) is 5.32. The van der Waals surface area contributed by atoms with E-state index >= 15 is 0 Å². The van der Waals surface area contributed by atoms with E-state index in [0.29, 0.717) is 5.02 Å². The molecule has 2 nitrogen and oxygen atoms in total. The summed E-state index contributed by atoms with van der Waals surface area (Å²) in [7, 11) is 0. The van der Waals surface area contributed by atoms with Gasteiger partial charge in [-0.3, -0.25) is 11.3 Å². The summed E-state index contributed by atoms with van der Waals surface area (Å²) in [5.41, 5.74) is 4.35. The summed E-state index contributed by atoms with van der Waals surface area (Å²) in [5, 5.41) is 0.604. The van der Waals surface area contributed by atoms with Gasteiger partial charge in [-0.25, -0.2) is 8.78 Å². The Morgan fingerprint density at radius 2 is 2.00 bits per heavy atom. The van der Waals surface area contributed by atoms with Gasteiger partial charge in [0.15, 0.2) is 0 Å². The second kappa shape index (κ2) is 6.83. The zero-order chi connectivity index (χ0) is 15.6. The maximum atomic E-state index is 14.1. The van der Waals surface area contributed by atoms with Crippen LogP contribution in [0.2, 0.25) is 5.02 Å². The van der Waals surface area contributed by atoms with Crippen LogP contribution in [0.1, 0.15) is 22.7 Å². The summed E-state index contributed by atoms with van der Waals surface area (Å²) in [6, 6.07) is 7.46. The lowest BCUT2D eigenvalue weighted by Gasteiger charge is -2.20. The Morgan fingerprint density at radius 1 is 1.29 bits per heavy atom. The third kappa shape index (κ3) is 3.61. The first-order valence-electron chi connectivity index (χ1n) is 6.28. The molecule has 0 aliphatic rings. The highest BCUT2D eigenvalue weighted by Crippen LogP contribution is 2.28. The summed E-state index contributed by atoms with van der Waals surface area (Å²) in [6.45, 7) is 1.87. The first-order valence-corrected chi connectivity index (χ1v) is 7.45. The van der Waals surface area contributed by atoms with Gasteiger partial charge in [0.2, 0.25) is 0 Å². The fraction of sp³-hybridized carbons (Fsp3) is 0.200. The smallest absolute Gasteiger partial charge is 0.143 e. The van der Waals surface area contributed by atoms with E-state index in [1.165, 1.54) is 12.1 Å². The topological polar surface area (TPSA) is 38.0 Å². The molecule has 6 heteroatoms. The van der Waals surface area contributed by atoms with Gasteiger partial charge in [0.05, 0.1) is 10.5 Å². The molecule has 0 aromatic heterocycles. The van der Waals surface area contributed by atoms with Crippen LogP contribution < -0.4 is 11.3 Å². The van der Waals surface area contributed by atoms with Crippen molar-refractivity contribution in [3.05, 3.63) is 68.2 Å². The minimum atomic E-state index is -0.609. The summed E-state index contributed by atoms with van der Waals surface area (Å²) < 4.78 is 28.1. The molecule has 0 spiro atoms. The SMILES string of the molecule is Cc1cc(Cl)ccc1C(Cc1c(F)ccc(Br)c1F)NN. The molecule has 0 amide bonds. The number of hydrogen-bond donors (Lipinski definition) is 2. The molecule has 3 N–H and O–H groups in total. The Labute approximate surface area is 135 Å². The van der Waals surface area contributed by atoms with Gasteiger partial charge < -0.3 is 0 Å². The molecule has 0 radical (unpaired) electrons. The quantitative estimate of drug-likeness (QED) is 0.471. The third-order valence-electron chi connectivity index (χ3n) is 3.36. The van der Waals surface area contributed by atoms with Crippen LogP contribution in [0.5, 0.6) is 0 Å². The van der Waals surface area contributed by atoms with Crippen LogP contribution in [0.4, 0.5) is 8.78 Å². The molecule has 112 valence electrons. The van der Waals surface area contributed by atoms with Gasteiger partial charge in [0.25, 0.3) is 0 Å². The van der Waals surface area contributed by atoms with E-state index in [0.717, 1.165) is 11.1 Å². The molecule has 21 heavy (non-hydrogen) atoms. The molecular weight excluding hydrogens is 362 g/mol. The van der Waals surface area contributed by atoms with Crippen molar-refractivity contribution in [1.82, 2.24) is 5.43 Å². The van der Waals surface area contributed by atoms with Gasteiger partial charge >= 0.3 is 0 Å². The van der Waals surface area contributed by atoms with E-state index in [2.05, 4.69) is 21.4 Å². The van der Waals surface area contributed by atoms with Gasteiger partial charge in [-0.1, -0.05) is 17.7 Å². The van der Waals surface area contributed by atoms with Gasteiger partial charge in [0.1, 0.15) is 11.6 Å². The summed E-state index contributed by atoms with van der Waals surface area (Å²) in [4.78, 5) is 0. The molecule has 0 aliphatic carbocycles.